The van der Waals surface area contributed by atoms with E-state index in [-0.39, 0.29) is 23.6 Å². The number of sulfonamides is 1. The molecule has 1 aliphatic rings. The van der Waals surface area contributed by atoms with Gasteiger partial charge in [0.1, 0.15) is 0 Å². The van der Waals surface area contributed by atoms with Crippen molar-refractivity contribution in [1.82, 2.24) is 9.62 Å². The molecule has 0 spiro atoms. The van der Waals surface area contributed by atoms with Crippen LogP contribution in [-0.4, -0.2) is 37.5 Å². The van der Waals surface area contributed by atoms with E-state index >= 15 is 0 Å². The first-order chi connectivity index (χ1) is 11.7. The summed E-state index contributed by atoms with van der Waals surface area (Å²) < 4.78 is 25.3. The largest absolute Gasteiger partial charge is 0.349 e. The molecule has 25 heavy (non-hydrogen) atoms. The third-order valence-electron chi connectivity index (χ3n) is 5.29. The molecule has 1 unspecified atom stereocenters. The first-order valence-electron chi connectivity index (χ1n) is 9.01. The van der Waals surface area contributed by atoms with Crippen molar-refractivity contribution >= 4 is 15.9 Å². The predicted octanol–water partition coefficient (Wildman–Crippen LogP) is 2.85. The maximum Gasteiger partial charge on any atom is 0.223 e. The minimum atomic E-state index is -3.15. The quantitative estimate of drug-likeness (QED) is 0.871. The van der Waals surface area contributed by atoms with E-state index in [1.54, 1.807) is 6.92 Å². The average Bonchev–Trinajstić information content (AvgIpc) is 2.58. The van der Waals surface area contributed by atoms with Crippen molar-refractivity contribution in [2.75, 3.05) is 18.8 Å². The fraction of sp³-hybridized carbons (Fsp3) is 0.632. The Kier molecular flexibility index (Phi) is 6.27. The molecular weight excluding hydrogens is 336 g/mol. The number of hydrogen-bond acceptors (Lipinski definition) is 3. The van der Waals surface area contributed by atoms with Gasteiger partial charge in [0.2, 0.25) is 15.9 Å². The van der Waals surface area contributed by atoms with Gasteiger partial charge in [0.05, 0.1) is 11.8 Å². The number of carbonyl (C=O) groups is 1. The second kappa shape index (κ2) is 7.87. The Morgan fingerprint density at radius 1 is 1.16 bits per heavy atom. The van der Waals surface area contributed by atoms with Gasteiger partial charge in [0.25, 0.3) is 0 Å². The van der Waals surface area contributed by atoms with Crippen molar-refractivity contribution in [1.29, 1.82) is 0 Å². The highest BCUT2D eigenvalue weighted by atomic mass is 32.2. The summed E-state index contributed by atoms with van der Waals surface area (Å²) in [6, 6.07) is 4.25. The molecule has 1 aromatic carbocycles. The lowest BCUT2D eigenvalue weighted by Crippen LogP contribution is -2.43. The summed E-state index contributed by atoms with van der Waals surface area (Å²) in [6.45, 7) is 10.8. The minimum Gasteiger partial charge on any atom is -0.349 e. The predicted molar refractivity (Wildman–Crippen MR) is 101 cm³/mol. The lowest BCUT2D eigenvalue weighted by Gasteiger charge is -2.31. The summed E-state index contributed by atoms with van der Waals surface area (Å²) in [5.41, 5.74) is 4.80. The van der Waals surface area contributed by atoms with Crippen molar-refractivity contribution in [3.8, 4) is 0 Å². The summed E-state index contributed by atoms with van der Waals surface area (Å²) in [5, 5.41) is 3.11. The van der Waals surface area contributed by atoms with Gasteiger partial charge in [-0.2, -0.15) is 0 Å². The van der Waals surface area contributed by atoms with E-state index in [4.69, 9.17) is 0 Å². The van der Waals surface area contributed by atoms with Gasteiger partial charge in [0.15, 0.2) is 0 Å². The number of benzene rings is 1. The number of amides is 1. The maximum atomic E-state index is 12.6. The number of nitrogens with zero attached hydrogens (tertiary/aromatic N) is 1. The second-order valence-electron chi connectivity index (χ2n) is 7.10. The Hall–Kier alpha value is -1.40. The van der Waals surface area contributed by atoms with Gasteiger partial charge in [-0.05, 0) is 69.7 Å². The van der Waals surface area contributed by atoms with Crippen molar-refractivity contribution in [3.05, 3.63) is 34.4 Å². The Bertz CT molecular complexity index is 735. The highest BCUT2D eigenvalue weighted by Crippen LogP contribution is 2.24. The zero-order chi connectivity index (χ0) is 18.8. The molecule has 6 heteroatoms. The van der Waals surface area contributed by atoms with Crippen LogP contribution >= 0.6 is 0 Å². The van der Waals surface area contributed by atoms with Crippen LogP contribution in [0.3, 0.4) is 0 Å². The zero-order valence-electron chi connectivity index (χ0n) is 15.9. The standard InChI is InChI=1S/C19H30N2O3S/c1-6-25(23,24)21-9-7-17(8-10-21)19(22)20-16(5)18-12-14(3)13(2)11-15(18)4/h11-12,16-17H,6-10H2,1-5H3,(H,20,22). The Morgan fingerprint density at radius 2 is 1.72 bits per heavy atom. The monoisotopic (exact) mass is 366 g/mol. The van der Waals surface area contributed by atoms with Crippen LogP contribution < -0.4 is 5.32 Å². The second-order valence-corrected chi connectivity index (χ2v) is 9.35. The van der Waals surface area contributed by atoms with E-state index in [1.807, 2.05) is 6.92 Å². The van der Waals surface area contributed by atoms with Gasteiger partial charge < -0.3 is 5.32 Å². The van der Waals surface area contributed by atoms with Gasteiger partial charge in [-0.25, -0.2) is 12.7 Å². The summed E-state index contributed by atoms with van der Waals surface area (Å²) in [6.07, 6.45) is 1.17. The Balaban J connectivity index is 1.98. The van der Waals surface area contributed by atoms with Gasteiger partial charge in [0, 0.05) is 19.0 Å². The summed E-state index contributed by atoms with van der Waals surface area (Å²) in [4.78, 5) is 12.6. The molecule has 1 heterocycles. The van der Waals surface area contributed by atoms with Gasteiger partial charge in [-0.1, -0.05) is 12.1 Å². The van der Waals surface area contributed by atoms with Crippen LogP contribution in [0.5, 0.6) is 0 Å². The third kappa shape index (κ3) is 4.61. The molecule has 1 atom stereocenters. The number of hydrogen-bond donors (Lipinski definition) is 1. The lowest BCUT2D eigenvalue weighted by atomic mass is 9.94. The molecule has 1 aliphatic heterocycles. The molecule has 0 bridgehead atoms. The molecule has 0 radical (unpaired) electrons. The van der Waals surface area contributed by atoms with Crippen LogP contribution in [-0.2, 0) is 14.8 Å². The van der Waals surface area contributed by atoms with E-state index in [9.17, 15) is 13.2 Å². The van der Waals surface area contributed by atoms with Crippen molar-refractivity contribution in [2.24, 2.45) is 5.92 Å². The Morgan fingerprint density at radius 3 is 2.28 bits per heavy atom. The molecule has 2 rings (SSSR count). The van der Waals surface area contributed by atoms with Crippen LogP contribution in [0, 0.1) is 26.7 Å². The van der Waals surface area contributed by atoms with E-state index in [1.165, 1.54) is 21.0 Å². The molecule has 1 fully saturated rings. The number of aryl methyl sites for hydroxylation is 3. The molecule has 140 valence electrons. The van der Waals surface area contributed by atoms with E-state index in [0.717, 1.165) is 5.56 Å². The van der Waals surface area contributed by atoms with Gasteiger partial charge in [-0.3, -0.25) is 4.79 Å². The number of rotatable bonds is 5. The summed E-state index contributed by atoms with van der Waals surface area (Å²) >= 11 is 0. The number of carbonyl (C=O) groups excluding carboxylic acids is 1. The molecular formula is C19H30N2O3S. The molecule has 0 saturated carbocycles. The fourth-order valence-electron chi connectivity index (χ4n) is 3.44. The molecule has 5 nitrogen and oxygen atoms in total. The molecule has 1 N–H and O–H groups in total. The highest BCUT2D eigenvalue weighted by molar-refractivity contribution is 7.89. The smallest absolute Gasteiger partial charge is 0.223 e. The van der Waals surface area contributed by atoms with Crippen LogP contribution in [0.15, 0.2) is 12.1 Å². The first kappa shape index (κ1) is 19.9. The van der Waals surface area contributed by atoms with Crippen LogP contribution in [0.25, 0.3) is 0 Å². The van der Waals surface area contributed by atoms with Gasteiger partial charge in [-0.15, -0.1) is 0 Å². The van der Waals surface area contributed by atoms with Gasteiger partial charge >= 0.3 is 0 Å². The van der Waals surface area contributed by atoms with Crippen molar-refractivity contribution in [3.63, 3.8) is 0 Å². The van der Waals surface area contributed by atoms with Crippen LogP contribution in [0.2, 0.25) is 0 Å². The lowest BCUT2D eigenvalue weighted by molar-refractivity contribution is -0.126. The van der Waals surface area contributed by atoms with E-state index in [2.05, 4.69) is 38.2 Å². The molecule has 0 aliphatic carbocycles. The average molecular weight is 367 g/mol. The van der Waals surface area contributed by atoms with Crippen molar-refractivity contribution in [2.45, 2.75) is 53.5 Å². The molecule has 0 aromatic heterocycles. The van der Waals surface area contributed by atoms with Crippen LogP contribution in [0.4, 0.5) is 0 Å². The van der Waals surface area contributed by atoms with E-state index < -0.39 is 10.0 Å². The first-order valence-corrected chi connectivity index (χ1v) is 10.6. The topological polar surface area (TPSA) is 66.5 Å². The summed E-state index contributed by atoms with van der Waals surface area (Å²) in [5.74, 6) is 0.0312. The third-order valence-corrected chi connectivity index (χ3v) is 7.17. The SMILES string of the molecule is CCS(=O)(=O)N1CCC(C(=O)NC(C)c2cc(C)c(C)cc2C)CC1. The fourth-order valence-corrected chi connectivity index (χ4v) is 4.57. The summed E-state index contributed by atoms with van der Waals surface area (Å²) in [7, 11) is -3.15. The highest BCUT2D eigenvalue weighted by Gasteiger charge is 2.30. The molecule has 1 amide bonds. The number of piperidine rings is 1. The van der Waals surface area contributed by atoms with E-state index in [0.29, 0.717) is 25.9 Å². The zero-order valence-corrected chi connectivity index (χ0v) is 16.7. The number of nitrogens with one attached hydrogen (secondary N) is 1. The normalized spacial score (nSPS) is 18.1. The van der Waals surface area contributed by atoms with Crippen LogP contribution in [0.1, 0.15) is 55.0 Å². The van der Waals surface area contributed by atoms with Crippen molar-refractivity contribution < 1.29 is 13.2 Å². The Labute approximate surface area is 151 Å². The molecule has 1 saturated heterocycles. The minimum absolute atomic E-state index is 0.0266. The maximum absolute atomic E-state index is 12.6. The molecule has 1 aromatic rings.